The first-order valence-corrected chi connectivity index (χ1v) is 8.79. The van der Waals surface area contributed by atoms with Gasteiger partial charge in [-0.05, 0) is 39.2 Å². The molecule has 2 heterocycles. The summed E-state index contributed by atoms with van der Waals surface area (Å²) < 4.78 is 0. The standard InChI is InChI=1S/C17H21N3OS/c1-12-6-5-7-13(2)20(12)16(21)10-22-17-14-8-3-4-9-15(14)18-11-19-17/h3-4,8-9,11-13H,5-7,10H2,1-2H3/t12-,13-/m0/s1. The smallest absolute Gasteiger partial charge is 0.233 e. The van der Waals surface area contributed by atoms with Gasteiger partial charge in [-0.1, -0.05) is 30.0 Å². The van der Waals surface area contributed by atoms with E-state index in [0.717, 1.165) is 28.8 Å². The molecule has 1 fully saturated rings. The Bertz CT molecular complexity index is 661. The summed E-state index contributed by atoms with van der Waals surface area (Å²) in [5, 5.41) is 1.90. The predicted molar refractivity (Wildman–Crippen MR) is 89.9 cm³/mol. The van der Waals surface area contributed by atoms with Gasteiger partial charge in [0.2, 0.25) is 5.91 Å². The second-order valence-electron chi connectivity index (χ2n) is 5.91. The van der Waals surface area contributed by atoms with Crippen LogP contribution in [0.15, 0.2) is 35.6 Å². The maximum absolute atomic E-state index is 12.6. The minimum atomic E-state index is 0.215. The number of nitrogens with zero attached hydrogens (tertiary/aromatic N) is 3. The molecule has 22 heavy (non-hydrogen) atoms. The van der Waals surface area contributed by atoms with Gasteiger partial charge in [0, 0.05) is 17.5 Å². The number of thioether (sulfide) groups is 1. The molecule has 116 valence electrons. The molecule has 0 saturated carbocycles. The van der Waals surface area contributed by atoms with Crippen LogP contribution in [0, 0.1) is 0 Å². The molecule has 1 aliphatic rings. The molecule has 0 aliphatic carbocycles. The van der Waals surface area contributed by atoms with Crippen LogP contribution in [-0.4, -0.2) is 38.6 Å². The molecule has 0 spiro atoms. The van der Waals surface area contributed by atoms with Crippen LogP contribution in [0.25, 0.3) is 10.9 Å². The summed E-state index contributed by atoms with van der Waals surface area (Å²) in [6, 6.07) is 8.61. The lowest BCUT2D eigenvalue weighted by Gasteiger charge is -2.39. The molecule has 2 atom stereocenters. The van der Waals surface area contributed by atoms with Crippen molar-refractivity contribution in [1.29, 1.82) is 0 Å². The summed E-state index contributed by atoms with van der Waals surface area (Å²) in [4.78, 5) is 23.3. The first kappa shape index (κ1) is 15.3. The van der Waals surface area contributed by atoms with Crippen molar-refractivity contribution in [3.05, 3.63) is 30.6 Å². The fourth-order valence-electron chi connectivity index (χ4n) is 3.21. The van der Waals surface area contributed by atoms with Crippen LogP contribution in [0.2, 0.25) is 0 Å². The average molecular weight is 315 g/mol. The number of fused-ring (bicyclic) bond motifs is 1. The van der Waals surface area contributed by atoms with E-state index in [-0.39, 0.29) is 5.91 Å². The number of likely N-dealkylation sites (tertiary alicyclic amines) is 1. The van der Waals surface area contributed by atoms with Gasteiger partial charge in [0.15, 0.2) is 0 Å². The van der Waals surface area contributed by atoms with Gasteiger partial charge in [-0.25, -0.2) is 9.97 Å². The SMILES string of the molecule is C[C@H]1CCC[C@H](C)N1C(=O)CSc1ncnc2ccccc12. The second-order valence-corrected chi connectivity index (χ2v) is 6.88. The minimum absolute atomic E-state index is 0.215. The molecular weight excluding hydrogens is 294 g/mol. The third kappa shape index (κ3) is 3.09. The van der Waals surface area contributed by atoms with E-state index in [0.29, 0.717) is 17.8 Å². The topological polar surface area (TPSA) is 46.1 Å². The molecule has 3 rings (SSSR count). The number of hydrogen-bond acceptors (Lipinski definition) is 4. The lowest BCUT2D eigenvalue weighted by Crippen LogP contribution is -2.48. The highest BCUT2D eigenvalue weighted by atomic mass is 32.2. The van der Waals surface area contributed by atoms with Crippen molar-refractivity contribution >= 4 is 28.6 Å². The van der Waals surface area contributed by atoms with Gasteiger partial charge in [-0.3, -0.25) is 4.79 Å². The molecule has 1 aromatic heterocycles. The average Bonchev–Trinajstić information content (AvgIpc) is 2.52. The minimum Gasteiger partial charge on any atom is -0.337 e. The molecule has 0 bridgehead atoms. The Morgan fingerprint density at radius 3 is 2.73 bits per heavy atom. The molecule has 1 amide bonds. The molecule has 1 saturated heterocycles. The van der Waals surface area contributed by atoms with E-state index < -0.39 is 0 Å². The summed E-state index contributed by atoms with van der Waals surface area (Å²) >= 11 is 1.51. The van der Waals surface area contributed by atoms with Crippen LogP contribution in [-0.2, 0) is 4.79 Å². The summed E-state index contributed by atoms with van der Waals surface area (Å²) in [6.45, 7) is 4.30. The number of piperidine rings is 1. The van der Waals surface area contributed by atoms with Gasteiger partial charge in [-0.2, -0.15) is 0 Å². The van der Waals surface area contributed by atoms with E-state index in [9.17, 15) is 4.79 Å². The molecule has 0 unspecified atom stereocenters. The first-order valence-electron chi connectivity index (χ1n) is 7.80. The molecule has 0 N–H and O–H groups in total. The number of carbonyl (C=O) groups excluding carboxylic acids is 1. The zero-order valence-corrected chi connectivity index (χ0v) is 13.8. The number of benzene rings is 1. The number of hydrogen-bond donors (Lipinski definition) is 0. The Hall–Kier alpha value is -1.62. The van der Waals surface area contributed by atoms with Crippen LogP contribution in [0.1, 0.15) is 33.1 Å². The number of amides is 1. The zero-order valence-electron chi connectivity index (χ0n) is 13.0. The van der Waals surface area contributed by atoms with E-state index in [1.807, 2.05) is 24.3 Å². The third-order valence-electron chi connectivity index (χ3n) is 4.32. The lowest BCUT2D eigenvalue weighted by molar-refractivity contribution is -0.134. The molecule has 1 aliphatic heterocycles. The van der Waals surface area contributed by atoms with Gasteiger partial charge in [0.1, 0.15) is 11.4 Å². The molecule has 2 aromatic rings. The van der Waals surface area contributed by atoms with Crippen LogP contribution in [0.5, 0.6) is 0 Å². The Kier molecular flexibility index (Phi) is 4.62. The Labute approximate surface area is 135 Å². The van der Waals surface area contributed by atoms with Crippen molar-refractivity contribution in [2.75, 3.05) is 5.75 Å². The summed E-state index contributed by atoms with van der Waals surface area (Å²) in [5.74, 6) is 0.655. The maximum Gasteiger partial charge on any atom is 0.233 e. The Morgan fingerprint density at radius 2 is 1.95 bits per heavy atom. The third-order valence-corrected chi connectivity index (χ3v) is 5.31. The number of para-hydroxylation sites is 1. The van der Waals surface area contributed by atoms with E-state index in [2.05, 4.69) is 28.7 Å². The zero-order chi connectivity index (χ0) is 15.5. The number of carbonyl (C=O) groups is 1. The number of rotatable bonds is 3. The first-order chi connectivity index (χ1) is 10.7. The van der Waals surface area contributed by atoms with E-state index in [1.54, 1.807) is 6.33 Å². The van der Waals surface area contributed by atoms with Crippen molar-refractivity contribution in [1.82, 2.24) is 14.9 Å². The summed E-state index contributed by atoms with van der Waals surface area (Å²) in [7, 11) is 0. The largest absolute Gasteiger partial charge is 0.337 e. The van der Waals surface area contributed by atoms with Crippen LogP contribution in [0.3, 0.4) is 0 Å². The monoisotopic (exact) mass is 315 g/mol. The highest BCUT2D eigenvalue weighted by Crippen LogP contribution is 2.27. The predicted octanol–water partition coefficient (Wildman–Crippen LogP) is 3.51. The molecule has 1 aromatic carbocycles. The van der Waals surface area contributed by atoms with E-state index in [1.165, 1.54) is 18.2 Å². The molecule has 0 radical (unpaired) electrons. The fourth-order valence-corrected chi connectivity index (χ4v) is 4.07. The quantitative estimate of drug-likeness (QED) is 0.642. The fraction of sp³-hybridized carbons (Fsp3) is 0.471. The van der Waals surface area contributed by atoms with Crippen molar-refractivity contribution < 1.29 is 4.79 Å². The van der Waals surface area contributed by atoms with E-state index >= 15 is 0 Å². The highest BCUT2D eigenvalue weighted by molar-refractivity contribution is 8.00. The lowest BCUT2D eigenvalue weighted by atomic mass is 9.98. The van der Waals surface area contributed by atoms with Gasteiger partial charge < -0.3 is 4.90 Å². The summed E-state index contributed by atoms with van der Waals surface area (Å²) in [5.41, 5.74) is 0.923. The van der Waals surface area contributed by atoms with Gasteiger partial charge in [0.25, 0.3) is 0 Å². The van der Waals surface area contributed by atoms with E-state index in [4.69, 9.17) is 0 Å². The molecule has 5 heteroatoms. The molecule has 4 nitrogen and oxygen atoms in total. The van der Waals surface area contributed by atoms with Crippen molar-refractivity contribution in [2.45, 2.75) is 50.2 Å². The van der Waals surface area contributed by atoms with Gasteiger partial charge in [-0.15, -0.1) is 0 Å². The number of aromatic nitrogens is 2. The van der Waals surface area contributed by atoms with Crippen LogP contribution in [0.4, 0.5) is 0 Å². The highest BCUT2D eigenvalue weighted by Gasteiger charge is 2.28. The van der Waals surface area contributed by atoms with Crippen molar-refractivity contribution in [2.24, 2.45) is 0 Å². The second kappa shape index (κ2) is 6.65. The van der Waals surface area contributed by atoms with Crippen molar-refractivity contribution in [3.8, 4) is 0 Å². The van der Waals surface area contributed by atoms with Gasteiger partial charge in [0.05, 0.1) is 11.3 Å². The normalized spacial score (nSPS) is 22.0. The van der Waals surface area contributed by atoms with Crippen LogP contribution < -0.4 is 0 Å². The summed E-state index contributed by atoms with van der Waals surface area (Å²) in [6.07, 6.45) is 5.01. The maximum atomic E-state index is 12.6. The Morgan fingerprint density at radius 1 is 1.23 bits per heavy atom. The molecular formula is C17H21N3OS. The van der Waals surface area contributed by atoms with Crippen molar-refractivity contribution in [3.63, 3.8) is 0 Å². The van der Waals surface area contributed by atoms with Gasteiger partial charge >= 0.3 is 0 Å². The van der Waals surface area contributed by atoms with Crippen LogP contribution >= 0.6 is 11.8 Å². The Balaban J connectivity index is 1.72.